The van der Waals surface area contributed by atoms with E-state index in [1.165, 1.54) is 6.07 Å². The standard InChI is InChI=1S/C22H21ClN4O2/c1-15-14-20(28)21(25-27(15)17-10-8-16(23)9-11-17)22(29)24-18-6-2-3-7-19(18)26-12-4-5-13-26/h2-3,6-11,14H,4-5,12-13H2,1H3,(H,24,29). The summed E-state index contributed by atoms with van der Waals surface area (Å²) in [6.45, 7) is 3.69. The van der Waals surface area contributed by atoms with E-state index < -0.39 is 11.3 Å². The summed E-state index contributed by atoms with van der Waals surface area (Å²) in [5.41, 5.74) is 2.43. The summed E-state index contributed by atoms with van der Waals surface area (Å²) < 4.78 is 1.57. The van der Waals surface area contributed by atoms with Crippen LogP contribution in [-0.4, -0.2) is 28.8 Å². The second-order valence-corrected chi connectivity index (χ2v) is 7.49. The number of halogens is 1. The summed E-state index contributed by atoms with van der Waals surface area (Å²) in [6.07, 6.45) is 2.27. The highest BCUT2D eigenvalue weighted by atomic mass is 35.5. The van der Waals surface area contributed by atoms with Crippen molar-refractivity contribution in [3.05, 3.63) is 81.2 Å². The molecule has 4 rings (SSSR count). The molecule has 29 heavy (non-hydrogen) atoms. The quantitative estimate of drug-likeness (QED) is 0.707. The fraction of sp³-hybridized carbons (Fsp3) is 0.227. The van der Waals surface area contributed by atoms with Crippen LogP contribution in [0.2, 0.25) is 5.02 Å². The first kappa shape index (κ1) is 19.2. The fourth-order valence-corrected chi connectivity index (χ4v) is 3.67. The molecule has 148 valence electrons. The second-order valence-electron chi connectivity index (χ2n) is 7.05. The van der Waals surface area contributed by atoms with Gasteiger partial charge in [-0.3, -0.25) is 9.59 Å². The Morgan fingerprint density at radius 2 is 1.76 bits per heavy atom. The van der Waals surface area contributed by atoms with Gasteiger partial charge in [-0.1, -0.05) is 23.7 Å². The predicted octanol–water partition coefficient (Wildman–Crippen LogP) is 4.05. The molecule has 0 saturated carbocycles. The minimum absolute atomic E-state index is 0.151. The van der Waals surface area contributed by atoms with Gasteiger partial charge in [0.2, 0.25) is 5.43 Å². The minimum Gasteiger partial charge on any atom is -0.370 e. The van der Waals surface area contributed by atoms with Gasteiger partial charge in [0, 0.05) is 29.9 Å². The normalized spacial score (nSPS) is 13.5. The zero-order chi connectivity index (χ0) is 20.4. The first-order valence-corrected chi connectivity index (χ1v) is 9.93. The van der Waals surface area contributed by atoms with Crippen LogP contribution in [0.4, 0.5) is 11.4 Å². The summed E-state index contributed by atoms with van der Waals surface area (Å²) >= 11 is 5.96. The maximum absolute atomic E-state index is 12.9. The number of hydrogen-bond acceptors (Lipinski definition) is 4. The van der Waals surface area contributed by atoms with Crippen molar-refractivity contribution < 1.29 is 4.79 Å². The van der Waals surface area contributed by atoms with Gasteiger partial charge in [-0.15, -0.1) is 0 Å². The van der Waals surface area contributed by atoms with Gasteiger partial charge in [0.05, 0.1) is 17.1 Å². The van der Waals surface area contributed by atoms with Crippen molar-refractivity contribution in [1.29, 1.82) is 0 Å². The first-order valence-electron chi connectivity index (χ1n) is 9.55. The zero-order valence-corrected chi connectivity index (χ0v) is 16.8. The van der Waals surface area contributed by atoms with Crippen molar-refractivity contribution in [3.8, 4) is 5.69 Å². The summed E-state index contributed by atoms with van der Waals surface area (Å²) in [6, 6.07) is 16.1. The van der Waals surface area contributed by atoms with E-state index in [2.05, 4.69) is 15.3 Å². The van der Waals surface area contributed by atoms with Crippen molar-refractivity contribution in [2.24, 2.45) is 0 Å². The molecule has 6 nitrogen and oxygen atoms in total. The summed E-state index contributed by atoms with van der Waals surface area (Å²) in [7, 11) is 0. The molecule has 0 spiro atoms. The fourth-order valence-electron chi connectivity index (χ4n) is 3.54. The topological polar surface area (TPSA) is 67.2 Å². The lowest BCUT2D eigenvalue weighted by atomic mass is 10.2. The van der Waals surface area contributed by atoms with Crippen molar-refractivity contribution in [1.82, 2.24) is 9.78 Å². The molecule has 1 aliphatic rings. The number of aryl methyl sites for hydroxylation is 1. The van der Waals surface area contributed by atoms with Crippen molar-refractivity contribution in [2.45, 2.75) is 19.8 Å². The third-order valence-corrected chi connectivity index (χ3v) is 5.24. The number of para-hydroxylation sites is 2. The number of benzene rings is 2. The number of nitrogens with zero attached hydrogens (tertiary/aromatic N) is 3. The predicted molar refractivity (Wildman–Crippen MR) is 115 cm³/mol. The first-order chi connectivity index (χ1) is 14.0. The second kappa shape index (κ2) is 8.09. The molecule has 0 radical (unpaired) electrons. The van der Waals surface area contributed by atoms with Crippen molar-refractivity contribution >= 4 is 28.9 Å². The van der Waals surface area contributed by atoms with E-state index in [4.69, 9.17) is 11.6 Å². The van der Waals surface area contributed by atoms with E-state index in [9.17, 15) is 9.59 Å². The van der Waals surface area contributed by atoms with Gasteiger partial charge in [0.15, 0.2) is 5.69 Å². The van der Waals surface area contributed by atoms with Crippen LogP contribution in [0.3, 0.4) is 0 Å². The number of carbonyl (C=O) groups excluding carboxylic acids is 1. The molecule has 0 atom stereocenters. The summed E-state index contributed by atoms with van der Waals surface area (Å²) in [5, 5.41) is 7.81. The SMILES string of the molecule is Cc1cc(=O)c(C(=O)Nc2ccccc2N2CCCC2)nn1-c1ccc(Cl)cc1. The van der Waals surface area contributed by atoms with Gasteiger partial charge < -0.3 is 10.2 Å². The van der Waals surface area contributed by atoms with Crippen LogP contribution in [0.15, 0.2) is 59.4 Å². The number of rotatable bonds is 4. The molecule has 0 aliphatic carbocycles. The molecular formula is C22H21ClN4O2. The average Bonchev–Trinajstić information content (AvgIpc) is 3.24. The molecule has 1 aliphatic heterocycles. The smallest absolute Gasteiger partial charge is 0.280 e. The largest absolute Gasteiger partial charge is 0.370 e. The van der Waals surface area contributed by atoms with Crippen molar-refractivity contribution in [3.63, 3.8) is 0 Å². The lowest BCUT2D eigenvalue weighted by Crippen LogP contribution is -2.28. The molecule has 2 heterocycles. The molecule has 7 heteroatoms. The van der Waals surface area contributed by atoms with E-state index in [-0.39, 0.29) is 5.69 Å². The van der Waals surface area contributed by atoms with Gasteiger partial charge in [-0.25, -0.2) is 4.68 Å². The summed E-state index contributed by atoms with van der Waals surface area (Å²) in [4.78, 5) is 27.6. The monoisotopic (exact) mass is 408 g/mol. The Hall–Kier alpha value is -3.12. The minimum atomic E-state index is -0.524. The molecule has 1 fully saturated rings. The highest BCUT2D eigenvalue weighted by molar-refractivity contribution is 6.30. The van der Waals surface area contributed by atoms with E-state index in [0.717, 1.165) is 37.3 Å². The van der Waals surface area contributed by atoms with Crippen LogP contribution < -0.4 is 15.6 Å². The Kier molecular flexibility index (Phi) is 5.36. The third kappa shape index (κ3) is 4.03. The number of nitrogens with one attached hydrogen (secondary N) is 1. The van der Waals surface area contributed by atoms with Gasteiger partial charge in [-0.05, 0) is 56.2 Å². The van der Waals surface area contributed by atoms with Crippen LogP contribution in [0.1, 0.15) is 29.0 Å². The van der Waals surface area contributed by atoms with E-state index in [1.807, 2.05) is 24.3 Å². The molecule has 0 unspecified atom stereocenters. The zero-order valence-electron chi connectivity index (χ0n) is 16.1. The maximum atomic E-state index is 12.9. The van der Waals surface area contributed by atoms with E-state index in [0.29, 0.717) is 16.4 Å². The van der Waals surface area contributed by atoms with Crippen LogP contribution in [0.25, 0.3) is 5.69 Å². The molecule has 1 aromatic heterocycles. The van der Waals surface area contributed by atoms with E-state index in [1.54, 1.807) is 35.9 Å². The Balaban J connectivity index is 1.67. The van der Waals surface area contributed by atoms with Gasteiger partial charge in [-0.2, -0.15) is 5.10 Å². The highest BCUT2D eigenvalue weighted by Gasteiger charge is 2.20. The molecule has 1 N–H and O–H groups in total. The van der Waals surface area contributed by atoms with Gasteiger partial charge in [0.1, 0.15) is 0 Å². The molecule has 3 aromatic rings. The Labute approximate surface area is 173 Å². The van der Waals surface area contributed by atoms with Crippen LogP contribution in [0, 0.1) is 6.92 Å². The number of hydrogen-bond donors (Lipinski definition) is 1. The maximum Gasteiger partial charge on any atom is 0.280 e. The molecule has 1 saturated heterocycles. The van der Waals surface area contributed by atoms with Gasteiger partial charge in [0.25, 0.3) is 5.91 Å². The van der Waals surface area contributed by atoms with Crippen LogP contribution in [0.5, 0.6) is 0 Å². The van der Waals surface area contributed by atoms with Crippen LogP contribution in [-0.2, 0) is 0 Å². The van der Waals surface area contributed by atoms with Gasteiger partial charge >= 0.3 is 0 Å². The number of aromatic nitrogens is 2. The average molecular weight is 409 g/mol. The summed E-state index contributed by atoms with van der Waals surface area (Å²) in [5.74, 6) is -0.524. The number of carbonyl (C=O) groups is 1. The molecular weight excluding hydrogens is 388 g/mol. The molecule has 0 bridgehead atoms. The third-order valence-electron chi connectivity index (χ3n) is 4.99. The molecule has 1 amide bonds. The number of anilines is 2. The lowest BCUT2D eigenvalue weighted by molar-refractivity contribution is 0.101. The Morgan fingerprint density at radius 1 is 1.07 bits per heavy atom. The molecule has 2 aromatic carbocycles. The van der Waals surface area contributed by atoms with Crippen molar-refractivity contribution in [2.75, 3.05) is 23.3 Å². The Morgan fingerprint density at radius 3 is 2.48 bits per heavy atom. The van der Waals surface area contributed by atoms with Crippen LogP contribution >= 0.6 is 11.6 Å². The highest BCUT2D eigenvalue weighted by Crippen LogP contribution is 2.28. The van der Waals surface area contributed by atoms with E-state index >= 15 is 0 Å². The number of amides is 1. The lowest BCUT2D eigenvalue weighted by Gasteiger charge is -2.21. The Bertz CT molecular complexity index is 1100.